The molecule has 0 saturated heterocycles. The van der Waals surface area contributed by atoms with Crippen molar-refractivity contribution in [3.63, 3.8) is 0 Å². The van der Waals surface area contributed by atoms with E-state index >= 15 is 0 Å². The number of rotatable bonds is 6. The van der Waals surface area contributed by atoms with Crippen molar-refractivity contribution in [1.29, 1.82) is 0 Å². The molecular weight excluding hydrogens is 540 g/mol. The quantitative estimate of drug-likeness (QED) is 0.336. The smallest absolute Gasteiger partial charge is 0.352 e. The summed E-state index contributed by atoms with van der Waals surface area (Å²) in [6.45, 7) is -1.69. The van der Waals surface area contributed by atoms with E-state index in [0.717, 1.165) is 0 Å². The van der Waals surface area contributed by atoms with Gasteiger partial charge in [0.15, 0.2) is 0 Å². The summed E-state index contributed by atoms with van der Waals surface area (Å²) in [5.74, 6) is -2.38. The Morgan fingerprint density at radius 2 is 0.730 bits per heavy atom. The van der Waals surface area contributed by atoms with Crippen LogP contribution in [0.2, 0.25) is 0 Å². The van der Waals surface area contributed by atoms with Gasteiger partial charge >= 0.3 is 24.7 Å². The molecule has 0 aliphatic heterocycles. The molecule has 0 aromatic heterocycles. The molecule has 16 heteroatoms. The van der Waals surface area contributed by atoms with E-state index in [1.165, 1.54) is 0 Å². The normalized spacial score (nSPS) is 12.9. The molecule has 2 rings (SSSR count). The Labute approximate surface area is 199 Å². The predicted octanol–water partition coefficient (Wildman–Crippen LogP) is 6.08. The van der Waals surface area contributed by atoms with Gasteiger partial charge in [-0.3, -0.25) is 9.59 Å². The molecule has 0 unspecified atom stereocenters. The first-order chi connectivity index (χ1) is 16.7. The minimum Gasteiger partial charge on any atom is -0.352 e. The number of carbonyl (C=O) groups is 2. The number of alkyl halides is 12. The van der Waals surface area contributed by atoms with Crippen molar-refractivity contribution in [3.8, 4) is 0 Å². The molecular formula is C21H14F12N2O2. The molecule has 0 aliphatic carbocycles. The average molecular weight is 554 g/mol. The van der Waals surface area contributed by atoms with Crippen LogP contribution in [0.1, 0.15) is 39.8 Å². The van der Waals surface area contributed by atoms with E-state index in [4.69, 9.17) is 0 Å². The Morgan fingerprint density at radius 3 is 0.946 bits per heavy atom. The summed E-state index contributed by atoms with van der Waals surface area (Å²) in [4.78, 5) is 23.7. The fraction of sp³-hybridized carbons (Fsp3) is 0.333. The molecule has 2 aromatic rings. The van der Waals surface area contributed by atoms with Gasteiger partial charge in [-0.05, 0) is 47.5 Å². The monoisotopic (exact) mass is 554 g/mol. The first kappa shape index (κ1) is 29.8. The van der Waals surface area contributed by atoms with E-state index in [0.29, 0.717) is 24.3 Å². The third-order valence-electron chi connectivity index (χ3n) is 4.60. The van der Waals surface area contributed by atoms with Gasteiger partial charge in [-0.25, -0.2) is 0 Å². The first-order valence-electron chi connectivity index (χ1n) is 9.76. The van der Waals surface area contributed by atoms with E-state index < -0.39 is 89.4 Å². The highest BCUT2D eigenvalue weighted by Crippen LogP contribution is 2.37. The molecule has 4 nitrogen and oxygen atoms in total. The average Bonchev–Trinajstić information content (AvgIpc) is 2.73. The Hall–Kier alpha value is -3.46. The lowest BCUT2D eigenvalue weighted by atomic mass is 10.0. The summed E-state index contributed by atoms with van der Waals surface area (Å²) in [5, 5.41) is 3.82. The third kappa shape index (κ3) is 8.86. The molecule has 2 amide bonds. The van der Waals surface area contributed by atoms with Gasteiger partial charge in [-0.2, -0.15) is 52.7 Å². The van der Waals surface area contributed by atoms with E-state index in [1.807, 2.05) is 10.6 Å². The standard InChI is InChI=1S/C21H14F12N2O2/c22-18(23,24)12-1-10(2-13(5-12)19(25,26)27)8-34-16(36)7-17(37)35-9-11-3-14(20(28,29)30)6-15(4-11)21(31,32)33/h1-6H,7-9H2,(H,34,36)(H,35,37). The topological polar surface area (TPSA) is 58.2 Å². The second-order valence-corrected chi connectivity index (χ2v) is 7.56. The van der Waals surface area contributed by atoms with Crippen molar-refractivity contribution in [1.82, 2.24) is 10.6 Å². The molecule has 0 bridgehead atoms. The third-order valence-corrected chi connectivity index (χ3v) is 4.60. The molecule has 0 spiro atoms. The van der Waals surface area contributed by atoms with Crippen molar-refractivity contribution < 1.29 is 62.3 Å². The molecule has 0 saturated carbocycles. The summed E-state index contributed by atoms with van der Waals surface area (Å²) in [7, 11) is 0. The van der Waals surface area contributed by atoms with E-state index in [1.54, 1.807) is 0 Å². The zero-order valence-electron chi connectivity index (χ0n) is 17.9. The number of benzene rings is 2. The maximum absolute atomic E-state index is 12.9. The summed E-state index contributed by atoms with van der Waals surface area (Å²) < 4.78 is 155. The van der Waals surface area contributed by atoms with Gasteiger partial charge in [-0.1, -0.05) is 0 Å². The van der Waals surface area contributed by atoms with E-state index in [9.17, 15) is 62.3 Å². The minimum absolute atomic E-state index is 0.128. The highest BCUT2D eigenvalue weighted by molar-refractivity contribution is 5.96. The zero-order chi connectivity index (χ0) is 28.4. The molecule has 0 fully saturated rings. The van der Waals surface area contributed by atoms with Crippen molar-refractivity contribution in [2.24, 2.45) is 0 Å². The number of amides is 2. The Kier molecular flexibility index (Phi) is 8.44. The van der Waals surface area contributed by atoms with Crippen LogP contribution >= 0.6 is 0 Å². The van der Waals surface area contributed by atoms with Gasteiger partial charge in [0.1, 0.15) is 6.42 Å². The van der Waals surface area contributed by atoms with Crippen LogP contribution in [0.15, 0.2) is 36.4 Å². The molecule has 2 aromatic carbocycles. The maximum atomic E-state index is 12.9. The maximum Gasteiger partial charge on any atom is 0.416 e. The fourth-order valence-electron chi connectivity index (χ4n) is 2.91. The van der Waals surface area contributed by atoms with Gasteiger partial charge in [0, 0.05) is 13.1 Å². The Morgan fingerprint density at radius 1 is 0.486 bits per heavy atom. The number of hydrogen-bond acceptors (Lipinski definition) is 2. The van der Waals surface area contributed by atoms with Crippen LogP contribution in [0, 0.1) is 0 Å². The van der Waals surface area contributed by atoms with E-state index in [2.05, 4.69) is 0 Å². The molecule has 0 radical (unpaired) electrons. The lowest BCUT2D eigenvalue weighted by Crippen LogP contribution is -2.31. The van der Waals surface area contributed by atoms with Crippen molar-refractivity contribution in [3.05, 3.63) is 69.8 Å². The van der Waals surface area contributed by atoms with Crippen molar-refractivity contribution in [2.75, 3.05) is 0 Å². The highest BCUT2D eigenvalue weighted by Gasteiger charge is 2.38. The summed E-state index contributed by atoms with van der Waals surface area (Å²) in [5.41, 5.74) is -7.74. The van der Waals surface area contributed by atoms with Crippen LogP contribution in [0.25, 0.3) is 0 Å². The number of carbonyl (C=O) groups excluding carboxylic acids is 2. The van der Waals surface area contributed by atoms with Crippen LogP contribution < -0.4 is 10.6 Å². The molecule has 2 N–H and O–H groups in total. The number of hydrogen-bond donors (Lipinski definition) is 2. The summed E-state index contributed by atoms with van der Waals surface area (Å²) >= 11 is 0. The zero-order valence-corrected chi connectivity index (χ0v) is 17.9. The van der Waals surface area contributed by atoms with Crippen LogP contribution in [0.3, 0.4) is 0 Å². The Balaban J connectivity index is 2.05. The van der Waals surface area contributed by atoms with Gasteiger partial charge in [-0.15, -0.1) is 0 Å². The second kappa shape index (κ2) is 10.5. The van der Waals surface area contributed by atoms with E-state index in [-0.39, 0.29) is 12.1 Å². The summed E-state index contributed by atoms with van der Waals surface area (Å²) in [6.07, 6.45) is -21.6. The van der Waals surface area contributed by atoms with Crippen LogP contribution in [0.5, 0.6) is 0 Å². The number of nitrogens with one attached hydrogen (secondary N) is 2. The largest absolute Gasteiger partial charge is 0.416 e. The van der Waals surface area contributed by atoms with Crippen LogP contribution in [-0.2, 0) is 47.4 Å². The van der Waals surface area contributed by atoms with Gasteiger partial charge in [0.25, 0.3) is 0 Å². The van der Waals surface area contributed by atoms with Crippen LogP contribution in [-0.4, -0.2) is 11.8 Å². The van der Waals surface area contributed by atoms with Crippen molar-refractivity contribution >= 4 is 11.8 Å². The van der Waals surface area contributed by atoms with Gasteiger partial charge < -0.3 is 10.6 Å². The van der Waals surface area contributed by atoms with Gasteiger partial charge in [0.05, 0.1) is 22.3 Å². The molecule has 204 valence electrons. The minimum atomic E-state index is -5.13. The molecule has 0 aliphatic rings. The molecule has 0 heterocycles. The highest BCUT2D eigenvalue weighted by atomic mass is 19.4. The van der Waals surface area contributed by atoms with Gasteiger partial charge in [0.2, 0.25) is 11.8 Å². The molecule has 0 atom stereocenters. The fourth-order valence-corrected chi connectivity index (χ4v) is 2.91. The van der Waals surface area contributed by atoms with Crippen molar-refractivity contribution in [2.45, 2.75) is 44.2 Å². The SMILES string of the molecule is O=C(CC(=O)NCc1cc(C(F)(F)F)cc(C(F)(F)F)c1)NCc1cc(C(F)(F)F)cc(C(F)(F)F)c1. The lowest BCUT2D eigenvalue weighted by Gasteiger charge is -2.15. The second-order valence-electron chi connectivity index (χ2n) is 7.56. The lowest BCUT2D eigenvalue weighted by molar-refractivity contribution is -0.144. The molecule has 37 heavy (non-hydrogen) atoms. The van der Waals surface area contributed by atoms with Crippen LogP contribution in [0.4, 0.5) is 52.7 Å². The predicted molar refractivity (Wildman–Crippen MR) is 101 cm³/mol. The number of halogens is 12. The first-order valence-corrected chi connectivity index (χ1v) is 9.76. The Bertz CT molecular complexity index is 994. The summed E-state index contributed by atoms with van der Waals surface area (Å²) in [6, 6.07) is 1.14.